The van der Waals surface area contributed by atoms with Crippen molar-refractivity contribution in [1.29, 1.82) is 0 Å². The number of rotatable bonds is 1. The highest BCUT2D eigenvalue weighted by Crippen LogP contribution is 2.29. The third-order valence-corrected chi connectivity index (χ3v) is 2.22. The highest BCUT2D eigenvalue weighted by molar-refractivity contribution is 6.31. The Balaban J connectivity index is 2.35. The first-order valence-corrected chi connectivity index (χ1v) is 4.47. The molecule has 72 valence electrons. The van der Waals surface area contributed by atoms with E-state index < -0.39 is 0 Å². The first-order chi connectivity index (χ1) is 6.77. The molecule has 1 unspecified atom stereocenters. The van der Waals surface area contributed by atoms with Gasteiger partial charge in [0, 0.05) is 16.8 Å². The predicted octanol–water partition coefficient (Wildman–Crippen LogP) is 2.66. The quantitative estimate of drug-likeness (QED) is 0.773. The summed E-state index contributed by atoms with van der Waals surface area (Å²) in [5.41, 5.74) is 0.708. The van der Waals surface area contributed by atoms with E-state index >= 15 is 0 Å². The molecular weight excluding hydrogens is 202 g/mol. The zero-order chi connectivity index (χ0) is 9.97. The number of hydrogen-bond acceptors (Lipinski definition) is 3. The van der Waals surface area contributed by atoms with Crippen molar-refractivity contribution in [1.82, 2.24) is 0 Å². The number of phenolic OH excluding ortho intramolecular Hbond substituents is 1. The number of aromatic hydroxyl groups is 1. The van der Waals surface area contributed by atoms with Crippen LogP contribution in [-0.4, -0.2) is 11.3 Å². The number of nitrogens with zero attached hydrogens (tertiary/aromatic N) is 1. The van der Waals surface area contributed by atoms with Gasteiger partial charge in [0.05, 0.1) is 6.20 Å². The van der Waals surface area contributed by atoms with Gasteiger partial charge in [0.15, 0.2) is 6.10 Å². The Morgan fingerprint density at radius 3 is 3.00 bits per heavy atom. The Morgan fingerprint density at radius 1 is 1.43 bits per heavy atom. The van der Waals surface area contributed by atoms with Gasteiger partial charge in [-0.3, -0.25) is 4.99 Å². The van der Waals surface area contributed by atoms with Crippen molar-refractivity contribution in [2.45, 2.75) is 6.10 Å². The van der Waals surface area contributed by atoms with E-state index in [9.17, 15) is 5.11 Å². The molecule has 0 spiro atoms. The summed E-state index contributed by atoms with van der Waals surface area (Å²) in [5, 5.41) is 9.84. The summed E-state index contributed by atoms with van der Waals surface area (Å²) in [5.74, 6) is 0.163. The summed E-state index contributed by atoms with van der Waals surface area (Å²) in [4.78, 5) is 3.93. The number of halogens is 1. The molecule has 0 saturated carbocycles. The number of phenols is 1. The molecule has 0 saturated heterocycles. The van der Waals surface area contributed by atoms with E-state index in [1.165, 1.54) is 12.3 Å². The maximum absolute atomic E-state index is 9.29. The fourth-order valence-corrected chi connectivity index (χ4v) is 1.45. The molecule has 1 atom stereocenters. The van der Waals surface area contributed by atoms with Gasteiger partial charge >= 0.3 is 0 Å². The molecule has 1 heterocycles. The van der Waals surface area contributed by atoms with E-state index in [1.807, 2.05) is 0 Å². The van der Waals surface area contributed by atoms with Crippen molar-refractivity contribution in [3.8, 4) is 5.75 Å². The van der Waals surface area contributed by atoms with E-state index in [0.29, 0.717) is 10.6 Å². The van der Waals surface area contributed by atoms with Crippen LogP contribution in [0.4, 0.5) is 0 Å². The third-order valence-electron chi connectivity index (χ3n) is 1.88. The third kappa shape index (κ3) is 1.72. The summed E-state index contributed by atoms with van der Waals surface area (Å²) in [6.07, 6.45) is 4.35. The summed E-state index contributed by atoms with van der Waals surface area (Å²) < 4.78 is 5.27. The molecule has 0 amide bonds. The minimum absolute atomic E-state index is 0.163. The van der Waals surface area contributed by atoms with Gasteiger partial charge in [0.25, 0.3) is 0 Å². The van der Waals surface area contributed by atoms with Crippen LogP contribution in [0, 0.1) is 0 Å². The smallest absolute Gasteiger partial charge is 0.160 e. The lowest BCUT2D eigenvalue weighted by atomic mass is 10.1. The van der Waals surface area contributed by atoms with E-state index in [2.05, 4.69) is 4.99 Å². The Morgan fingerprint density at radius 2 is 2.29 bits per heavy atom. The van der Waals surface area contributed by atoms with Crippen molar-refractivity contribution in [3.05, 3.63) is 41.2 Å². The second kappa shape index (κ2) is 3.72. The summed E-state index contributed by atoms with van der Waals surface area (Å²) in [6.45, 7) is 0. The number of ether oxygens (including phenoxy) is 1. The van der Waals surface area contributed by atoms with Crippen molar-refractivity contribution < 1.29 is 9.84 Å². The van der Waals surface area contributed by atoms with Crippen LogP contribution in [-0.2, 0) is 4.74 Å². The zero-order valence-corrected chi connectivity index (χ0v) is 7.98. The van der Waals surface area contributed by atoms with Crippen molar-refractivity contribution in [2.75, 3.05) is 0 Å². The first-order valence-electron chi connectivity index (χ1n) is 4.09. The Labute approximate surface area is 86.3 Å². The topological polar surface area (TPSA) is 41.8 Å². The standard InChI is InChI=1S/C10H8ClNO2/c11-9-2-1-7(13)5-8(9)10-6-12-3-4-14-10/h1-6,10,13H. The fraction of sp³-hybridized carbons (Fsp3) is 0.100. The lowest BCUT2D eigenvalue weighted by molar-refractivity contribution is 0.206. The minimum atomic E-state index is -0.320. The Kier molecular flexibility index (Phi) is 2.41. The highest BCUT2D eigenvalue weighted by Gasteiger charge is 2.14. The number of hydrogen-bond donors (Lipinski definition) is 1. The van der Waals surface area contributed by atoms with Crippen molar-refractivity contribution in [2.24, 2.45) is 4.99 Å². The molecule has 0 aliphatic carbocycles. The van der Waals surface area contributed by atoms with Crippen LogP contribution in [0.1, 0.15) is 11.7 Å². The summed E-state index contributed by atoms with van der Waals surface area (Å²) in [6, 6.07) is 4.72. The molecule has 0 fully saturated rings. The zero-order valence-electron chi connectivity index (χ0n) is 7.22. The van der Waals surface area contributed by atoms with Gasteiger partial charge in [-0.25, -0.2) is 0 Å². The monoisotopic (exact) mass is 209 g/mol. The van der Waals surface area contributed by atoms with E-state index in [4.69, 9.17) is 16.3 Å². The second-order valence-electron chi connectivity index (χ2n) is 2.85. The predicted molar refractivity (Wildman–Crippen MR) is 54.6 cm³/mol. The number of benzene rings is 1. The normalized spacial score (nSPS) is 19.4. The van der Waals surface area contributed by atoms with Crippen LogP contribution in [0.15, 0.2) is 35.7 Å². The lowest BCUT2D eigenvalue weighted by Crippen LogP contribution is -2.05. The number of aliphatic imine (C=N–C) groups is 1. The molecule has 0 aromatic heterocycles. The molecule has 1 aromatic carbocycles. The van der Waals surface area contributed by atoms with Crippen LogP contribution in [0.2, 0.25) is 5.02 Å². The second-order valence-corrected chi connectivity index (χ2v) is 3.25. The molecule has 1 aromatic rings. The van der Waals surface area contributed by atoms with Crippen LogP contribution in [0.5, 0.6) is 5.75 Å². The SMILES string of the molecule is Oc1ccc(Cl)c(C2C=NC=CO2)c1. The molecule has 1 aliphatic heterocycles. The average Bonchev–Trinajstić information content (AvgIpc) is 2.23. The molecule has 0 bridgehead atoms. The minimum Gasteiger partial charge on any atom is -0.508 e. The molecule has 3 nitrogen and oxygen atoms in total. The maximum Gasteiger partial charge on any atom is 0.160 e. The van der Waals surface area contributed by atoms with Gasteiger partial charge in [0.1, 0.15) is 12.0 Å². The van der Waals surface area contributed by atoms with Crippen molar-refractivity contribution >= 4 is 17.8 Å². The molecule has 0 radical (unpaired) electrons. The van der Waals surface area contributed by atoms with E-state index in [1.54, 1.807) is 24.5 Å². The molecule has 1 N–H and O–H groups in total. The van der Waals surface area contributed by atoms with Crippen LogP contribution < -0.4 is 0 Å². The molecule has 2 rings (SSSR count). The van der Waals surface area contributed by atoms with Gasteiger partial charge in [-0.15, -0.1) is 0 Å². The van der Waals surface area contributed by atoms with Crippen LogP contribution >= 0.6 is 11.6 Å². The largest absolute Gasteiger partial charge is 0.508 e. The van der Waals surface area contributed by atoms with Gasteiger partial charge in [-0.05, 0) is 18.2 Å². The Bertz CT molecular complexity index is 401. The molecule has 4 heteroatoms. The van der Waals surface area contributed by atoms with E-state index in [-0.39, 0.29) is 11.9 Å². The van der Waals surface area contributed by atoms with Gasteiger partial charge < -0.3 is 9.84 Å². The van der Waals surface area contributed by atoms with Crippen LogP contribution in [0.3, 0.4) is 0 Å². The first kappa shape index (κ1) is 9.09. The van der Waals surface area contributed by atoms with Gasteiger partial charge in [0.2, 0.25) is 0 Å². The molecule has 1 aliphatic rings. The van der Waals surface area contributed by atoms with Crippen molar-refractivity contribution in [3.63, 3.8) is 0 Å². The Hall–Kier alpha value is -1.48. The summed E-state index contributed by atoms with van der Waals surface area (Å²) in [7, 11) is 0. The summed E-state index contributed by atoms with van der Waals surface area (Å²) >= 11 is 5.95. The van der Waals surface area contributed by atoms with Gasteiger partial charge in [-0.1, -0.05) is 11.6 Å². The lowest BCUT2D eigenvalue weighted by Gasteiger charge is -2.15. The average molecular weight is 210 g/mol. The highest BCUT2D eigenvalue weighted by atomic mass is 35.5. The van der Waals surface area contributed by atoms with Crippen LogP contribution in [0.25, 0.3) is 0 Å². The van der Waals surface area contributed by atoms with Gasteiger partial charge in [-0.2, -0.15) is 0 Å². The molecule has 14 heavy (non-hydrogen) atoms. The fourth-order valence-electron chi connectivity index (χ4n) is 1.22. The van der Waals surface area contributed by atoms with E-state index in [0.717, 1.165) is 0 Å². The molecular formula is C10H8ClNO2. The maximum atomic E-state index is 9.29.